The predicted molar refractivity (Wildman–Crippen MR) is 130 cm³/mol. The maximum absolute atomic E-state index is 12.5. The van der Waals surface area contributed by atoms with Gasteiger partial charge in [-0.05, 0) is 61.6 Å². The van der Waals surface area contributed by atoms with Crippen LogP contribution >= 0.6 is 0 Å². The molecule has 180 valence electrons. The number of carbonyl (C=O) groups excluding carboxylic acids is 3. The molecule has 1 atom stereocenters. The van der Waals surface area contributed by atoms with Crippen LogP contribution in [0.4, 0.5) is 16.2 Å². The topological polar surface area (TPSA) is 115 Å². The van der Waals surface area contributed by atoms with Crippen LogP contribution in [-0.2, 0) is 23.8 Å². The molecule has 0 heterocycles. The molecule has 1 aromatic carbocycles. The van der Waals surface area contributed by atoms with E-state index in [2.05, 4.69) is 16.0 Å². The Kier molecular flexibility index (Phi) is 10.3. The summed E-state index contributed by atoms with van der Waals surface area (Å²) in [6, 6.07) is 5.86. The van der Waals surface area contributed by atoms with Gasteiger partial charge >= 0.3 is 6.03 Å². The minimum atomic E-state index is -0.720. The first-order chi connectivity index (χ1) is 16.4. The van der Waals surface area contributed by atoms with E-state index in [0.29, 0.717) is 22.9 Å². The number of nitrogens with one attached hydrogen (secondary N) is 3. The number of urea groups is 1. The van der Waals surface area contributed by atoms with Crippen LogP contribution in [0.2, 0.25) is 0 Å². The summed E-state index contributed by atoms with van der Waals surface area (Å²) in [5, 5.41) is 7.60. The van der Waals surface area contributed by atoms with Crippen molar-refractivity contribution in [3.8, 4) is 0 Å². The maximum Gasteiger partial charge on any atom is 0.326 e. The third kappa shape index (κ3) is 8.44. The van der Waals surface area contributed by atoms with E-state index in [9.17, 15) is 14.4 Å². The lowest BCUT2D eigenvalue weighted by atomic mass is 10.2. The van der Waals surface area contributed by atoms with Crippen LogP contribution in [0.15, 0.2) is 83.9 Å². The molecule has 0 radical (unpaired) electrons. The first-order valence-corrected chi connectivity index (χ1v) is 10.5. The summed E-state index contributed by atoms with van der Waals surface area (Å²) in [7, 11) is 4.56. The normalized spacial score (nSPS) is 15.6. The van der Waals surface area contributed by atoms with Gasteiger partial charge in [0.15, 0.2) is 0 Å². The van der Waals surface area contributed by atoms with Crippen LogP contribution in [-0.4, -0.2) is 45.3 Å². The highest BCUT2D eigenvalue weighted by molar-refractivity contribution is 6.09. The molecule has 0 saturated heterocycles. The smallest absolute Gasteiger partial charge is 0.326 e. The highest BCUT2D eigenvalue weighted by atomic mass is 16.5. The van der Waals surface area contributed by atoms with Gasteiger partial charge in [-0.2, -0.15) is 0 Å². The van der Waals surface area contributed by atoms with Crippen molar-refractivity contribution in [2.24, 2.45) is 0 Å². The molecular formula is C25H29N3O6. The number of hydrogen-bond acceptors (Lipinski definition) is 6. The number of amides is 4. The van der Waals surface area contributed by atoms with E-state index < -0.39 is 18.0 Å². The molecule has 1 aliphatic rings. The van der Waals surface area contributed by atoms with E-state index in [4.69, 9.17) is 14.2 Å². The van der Waals surface area contributed by atoms with Gasteiger partial charge in [0.25, 0.3) is 5.91 Å². The van der Waals surface area contributed by atoms with Crippen molar-refractivity contribution in [2.45, 2.75) is 19.4 Å². The van der Waals surface area contributed by atoms with E-state index >= 15 is 0 Å². The summed E-state index contributed by atoms with van der Waals surface area (Å²) >= 11 is 0. The molecule has 0 bridgehead atoms. The van der Waals surface area contributed by atoms with E-state index in [1.165, 1.54) is 20.3 Å². The molecule has 0 aromatic heterocycles. The second-order valence-corrected chi connectivity index (χ2v) is 6.97. The van der Waals surface area contributed by atoms with Crippen LogP contribution in [0.3, 0.4) is 0 Å². The number of benzene rings is 1. The molecule has 0 spiro atoms. The molecule has 1 aliphatic carbocycles. The largest absolute Gasteiger partial charge is 0.497 e. The summed E-state index contributed by atoms with van der Waals surface area (Å²) in [5.41, 5.74) is 1.14. The van der Waals surface area contributed by atoms with E-state index in [0.717, 1.165) is 0 Å². The van der Waals surface area contributed by atoms with Crippen LogP contribution in [0, 0.1) is 0 Å². The molecule has 0 aliphatic heterocycles. The van der Waals surface area contributed by atoms with E-state index in [1.54, 1.807) is 67.8 Å². The average molecular weight is 468 g/mol. The summed E-state index contributed by atoms with van der Waals surface area (Å²) in [6.45, 7) is 1.83. The molecular weight excluding hydrogens is 438 g/mol. The van der Waals surface area contributed by atoms with Gasteiger partial charge in [-0.25, -0.2) is 4.79 Å². The Morgan fingerprint density at radius 1 is 1.03 bits per heavy atom. The number of ether oxygens (including phenoxy) is 3. The van der Waals surface area contributed by atoms with Gasteiger partial charge in [0.2, 0.25) is 5.91 Å². The number of carbonyl (C=O) groups is 3. The fraction of sp³-hybridized carbons (Fsp3) is 0.240. The first kappa shape index (κ1) is 26.1. The Morgan fingerprint density at radius 2 is 1.76 bits per heavy atom. The van der Waals surface area contributed by atoms with Crippen molar-refractivity contribution in [3.63, 3.8) is 0 Å². The van der Waals surface area contributed by atoms with Gasteiger partial charge in [0.1, 0.15) is 11.5 Å². The fourth-order valence-electron chi connectivity index (χ4n) is 2.88. The van der Waals surface area contributed by atoms with Crippen molar-refractivity contribution in [1.29, 1.82) is 0 Å². The SMILES string of the molecule is C/C=C(\C=C/CC(=O)Nc1cccc(NC(=O)NC(=O)C2=CC(OC)C=C(OC)C=C2)c1)OC. The Balaban J connectivity index is 1.94. The van der Waals surface area contributed by atoms with E-state index in [1.807, 2.05) is 6.92 Å². The van der Waals surface area contributed by atoms with Gasteiger partial charge < -0.3 is 24.8 Å². The molecule has 4 amide bonds. The number of rotatable bonds is 9. The summed E-state index contributed by atoms with van der Waals surface area (Å²) < 4.78 is 15.6. The Bertz CT molecular complexity index is 1050. The second kappa shape index (κ2) is 13.4. The molecule has 9 heteroatoms. The van der Waals surface area contributed by atoms with Crippen molar-refractivity contribution in [2.75, 3.05) is 32.0 Å². The van der Waals surface area contributed by atoms with Crippen LogP contribution in [0.5, 0.6) is 0 Å². The van der Waals surface area contributed by atoms with Gasteiger partial charge in [0.05, 0.1) is 20.3 Å². The minimum Gasteiger partial charge on any atom is -0.497 e. The maximum atomic E-state index is 12.5. The first-order valence-electron chi connectivity index (χ1n) is 10.5. The zero-order chi connectivity index (χ0) is 24.9. The quantitative estimate of drug-likeness (QED) is 0.376. The van der Waals surface area contributed by atoms with Crippen molar-refractivity contribution in [3.05, 3.63) is 83.9 Å². The van der Waals surface area contributed by atoms with Crippen molar-refractivity contribution in [1.82, 2.24) is 5.32 Å². The Hall–Kier alpha value is -4.11. The lowest BCUT2D eigenvalue weighted by Gasteiger charge is -2.10. The molecule has 1 unspecified atom stereocenters. The number of anilines is 2. The monoisotopic (exact) mass is 467 g/mol. The zero-order valence-electron chi connectivity index (χ0n) is 19.6. The molecule has 3 N–H and O–H groups in total. The highest BCUT2D eigenvalue weighted by Gasteiger charge is 2.16. The average Bonchev–Trinajstić information content (AvgIpc) is 3.04. The number of methoxy groups -OCH3 is 3. The number of allylic oxidation sites excluding steroid dienone is 3. The lowest BCUT2D eigenvalue weighted by molar-refractivity contribution is -0.116. The van der Waals surface area contributed by atoms with Gasteiger partial charge in [-0.15, -0.1) is 0 Å². The van der Waals surface area contributed by atoms with Crippen LogP contribution < -0.4 is 16.0 Å². The van der Waals surface area contributed by atoms with Crippen LogP contribution in [0.25, 0.3) is 0 Å². The van der Waals surface area contributed by atoms with Crippen LogP contribution in [0.1, 0.15) is 13.3 Å². The standard InChI is InChI=1S/C25H29N3O6/c1-5-20(32-2)10-7-11-23(29)26-18-8-6-9-19(15-18)27-25(31)28-24(30)17-12-13-21(33-3)16-22(14-17)34-4/h5-10,12-16,22H,11H2,1-4H3,(H,26,29)(H2,27,28,30,31)/b10-7-,20-5+. The lowest BCUT2D eigenvalue weighted by Crippen LogP contribution is -2.35. The minimum absolute atomic E-state index is 0.151. The Morgan fingerprint density at radius 3 is 2.41 bits per heavy atom. The van der Waals surface area contributed by atoms with Gasteiger partial charge in [-0.3, -0.25) is 14.9 Å². The fourth-order valence-corrected chi connectivity index (χ4v) is 2.88. The number of hydrogen-bond donors (Lipinski definition) is 3. The third-order valence-corrected chi connectivity index (χ3v) is 4.61. The summed E-state index contributed by atoms with van der Waals surface area (Å²) in [4.78, 5) is 37.0. The van der Waals surface area contributed by atoms with E-state index in [-0.39, 0.29) is 17.9 Å². The third-order valence-electron chi connectivity index (χ3n) is 4.61. The van der Waals surface area contributed by atoms with Crippen molar-refractivity contribution < 1.29 is 28.6 Å². The van der Waals surface area contributed by atoms with Gasteiger partial charge in [-0.1, -0.05) is 12.1 Å². The molecule has 9 nitrogen and oxygen atoms in total. The number of imide groups is 1. The molecule has 0 saturated carbocycles. The predicted octanol–water partition coefficient (Wildman–Crippen LogP) is 3.81. The highest BCUT2D eigenvalue weighted by Crippen LogP contribution is 2.16. The molecule has 0 fully saturated rings. The second-order valence-electron chi connectivity index (χ2n) is 6.97. The molecule has 2 rings (SSSR count). The summed E-state index contributed by atoms with van der Waals surface area (Å²) in [5.74, 6) is 0.353. The summed E-state index contributed by atoms with van der Waals surface area (Å²) in [6.07, 6.45) is 11.3. The Labute approximate surface area is 198 Å². The molecule has 1 aromatic rings. The van der Waals surface area contributed by atoms with Gasteiger partial charge in [0, 0.05) is 30.5 Å². The van der Waals surface area contributed by atoms with Crippen molar-refractivity contribution >= 4 is 29.2 Å². The zero-order valence-corrected chi connectivity index (χ0v) is 19.6. The molecule has 34 heavy (non-hydrogen) atoms.